The second-order valence-corrected chi connectivity index (χ2v) is 5.26. The predicted molar refractivity (Wildman–Crippen MR) is 88.4 cm³/mol. The number of hydrogen-bond acceptors (Lipinski definition) is 5. The van der Waals surface area contributed by atoms with Gasteiger partial charge in [-0.2, -0.15) is 0 Å². The molecular formula is C18H20FNO5. The predicted octanol–water partition coefficient (Wildman–Crippen LogP) is 3.18. The van der Waals surface area contributed by atoms with E-state index in [1.165, 1.54) is 12.1 Å². The molecule has 0 aliphatic carbocycles. The van der Waals surface area contributed by atoms with Gasteiger partial charge in [0.25, 0.3) is 0 Å². The fourth-order valence-corrected chi connectivity index (χ4v) is 2.38. The van der Waals surface area contributed by atoms with Gasteiger partial charge in [0.2, 0.25) is 0 Å². The Hall–Kier alpha value is -2.83. The number of para-hydroxylation sites is 1. The highest BCUT2D eigenvalue weighted by Gasteiger charge is 2.23. The van der Waals surface area contributed by atoms with E-state index < -0.39 is 17.8 Å². The molecule has 1 N–H and O–H groups in total. The van der Waals surface area contributed by atoms with E-state index >= 15 is 0 Å². The molecule has 0 spiro atoms. The minimum atomic E-state index is -0.617. The number of rotatable bonds is 7. The zero-order valence-corrected chi connectivity index (χ0v) is 14.3. The van der Waals surface area contributed by atoms with Crippen LogP contribution in [0.25, 0.3) is 0 Å². The SMILES string of the molecule is CCOC(=O)c1c(C)[nH]c(C(=O)OCCOc2ccccc2F)c1C. The van der Waals surface area contributed by atoms with Crippen LogP contribution in [0, 0.1) is 19.7 Å². The molecule has 1 heterocycles. The first-order chi connectivity index (χ1) is 12.0. The number of hydrogen-bond donors (Lipinski definition) is 1. The third kappa shape index (κ3) is 4.37. The first-order valence-corrected chi connectivity index (χ1v) is 7.86. The maximum Gasteiger partial charge on any atom is 0.355 e. The van der Waals surface area contributed by atoms with Gasteiger partial charge in [0.15, 0.2) is 11.6 Å². The van der Waals surface area contributed by atoms with Gasteiger partial charge in [-0.05, 0) is 38.5 Å². The minimum absolute atomic E-state index is 0.0101. The van der Waals surface area contributed by atoms with Gasteiger partial charge < -0.3 is 19.2 Å². The highest BCUT2D eigenvalue weighted by atomic mass is 19.1. The first kappa shape index (κ1) is 18.5. The molecule has 134 valence electrons. The normalized spacial score (nSPS) is 10.4. The maximum absolute atomic E-state index is 13.4. The third-order valence-corrected chi connectivity index (χ3v) is 3.53. The molecule has 2 aromatic rings. The van der Waals surface area contributed by atoms with Gasteiger partial charge in [-0.1, -0.05) is 12.1 Å². The Bertz CT molecular complexity index is 769. The molecule has 0 atom stereocenters. The van der Waals surface area contributed by atoms with E-state index in [1.54, 1.807) is 32.9 Å². The van der Waals surface area contributed by atoms with E-state index in [-0.39, 0.29) is 31.3 Å². The Morgan fingerprint density at radius 3 is 2.48 bits per heavy atom. The standard InChI is InChI=1S/C18H20FNO5/c1-4-23-17(21)15-11(2)16(20-12(15)3)18(22)25-10-9-24-14-8-6-5-7-13(14)19/h5-8,20H,4,9-10H2,1-3H3. The van der Waals surface area contributed by atoms with Crippen LogP contribution in [0.1, 0.15) is 39.0 Å². The van der Waals surface area contributed by atoms with E-state index in [2.05, 4.69) is 4.98 Å². The minimum Gasteiger partial charge on any atom is -0.487 e. The fraction of sp³-hybridized carbons (Fsp3) is 0.333. The van der Waals surface area contributed by atoms with Gasteiger partial charge in [-0.3, -0.25) is 0 Å². The lowest BCUT2D eigenvalue weighted by Gasteiger charge is -2.08. The van der Waals surface area contributed by atoms with Crippen molar-refractivity contribution in [3.8, 4) is 5.75 Å². The summed E-state index contributed by atoms with van der Waals surface area (Å²) in [5.74, 6) is -1.50. The quantitative estimate of drug-likeness (QED) is 0.614. The summed E-state index contributed by atoms with van der Waals surface area (Å²) >= 11 is 0. The second-order valence-electron chi connectivity index (χ2n) is 5.26. The van der Waals surface area contributed by atoms with E-state index in [0.717, 1.165) is 0 Å². The molecule has 6 nitrogen and oxygen atoms in total. The third-order valence-electron chi connectivity index (χ3n) is 3.53. The molecule has 0 bridgehead atoms. The van der Waals surface area contributed by atoms with Crippen molar-refractivity contribution in [1.82, 2.24) is 4.98 Å². The Labute approximate surface area is 144 Å². The number of aromatic amines is 1. The number of esters is 2. The van der Waals surface area contributed by atoms with Crippen LogP contribution in [0.5, 0.6) is 5.75 Å². The molecule has 0 aliphatic rings. The maximum atomic E-state index is 13.4. The summed E-state index contributed by atoms with van der Waals surface area (Å²) in [5.41, 5.74) is 1.52. The zero-order valence-electron chi connectivity index (χ0n) is 14.3. The van der Waals surface area contributed by atoms with Crippen molar-refractivity contribution in [1.29, 1.82) is 0 Å². The molecule has 0 aliphatic heterocycles. The van der Waals surface area contributed by atoms with Crippen LogP contribution in [0.4, 0.5) is 4.39 Å². The lowest BCUT2D eigenvalue weighted by atomic mass is 10.1. The summed E-state index contributed by atoms with van der Waals surface area (Å²) in [7, 11) is 0. The molecule has 0 unspecified atom stereocenters. The smallest absolute Gasteiger partial charge is 0.355 e. The van der Waals surface area contributed by atoms with Gasteiger partial charge in [0.1, 0.15) is 18.9 Å². The molecule has 0 saturated heterocycles. The average Bonchev–Trinajstić information content (AvgIpc) is 2.88. The molecule has 0 fully saturated rings. The van der Waals surface area contributed by atoms with Crippen LogP contribution < -0.4 is 4.74 Å². The van der Waals surface area contributed by atoms with Gasteiger partial charge in [-0.25, -0.2) is 14.0 Å². The number of carbonyl (C=O) groups is 2. The molecular weight excluding hydrogens is 329 g/mol. The Kier molecular flexibility index (Phi) is 6.16. The molecule has 0 radical (unpaired) electrons. The van der Waals surface area contributed by atoms with E-state index in [1.807, 2.05) is 0 Å². The number of carbonyl (C=O) groups excluding carboxylic acids is 2. The summed E-state index contributed by atoms with van der Waals surface area (Å²) in [6.45, 7) is 5.23. The molecule has 2 rings (SSSR count). The number of benzene rings is 1. The molecule has 25 heavy (non-hydrogen) atoms. The summed E-state index contributed by atoms with van der Waals surface area (Å²) in [4.78, 5) is 26.9. The van der Waals surface area contributed by atoms with Crippen LogP contribution in [0.3, 0.4) is 0 Å². The second kappa shape index (κ2) is 8.32. The summed E-state index contributed by atoms with van der Waals surface area (Å²) in [5, 5.41) is 0. The van der Waals surface area contributed by atoms with Crippen LogP contribution in [-0.4, -0.2) is 36.7 Å². The fourth-order valence-electron chi connectivity index (χ4n) is 2.38. The van der Waals surface area contributed by atoms with Gasteiger partial charge >= 0.3 is 11.9 Å². The van der Waals surface area contributed by atoms with Gasteiger partial charge in [0.05, 0.1) is 12.2 Å². The van der Waals surface area contributed by atoms with Crippen LogP contribution in [-0.2, 0) is 9.47 Å². The molecule has 1 aromatic heterocycles. The number of halogens is 1. The lowest BCUT2D eigenvalue weighted by molar-refractivity contribution is 0.0441. The molecule has 0 amide bonds. The number of aromatic nitrogens is 1. The Morgan fingerprint density at radius 1 is 1.08 bits per heavy atom. The van der Waals surface area contributed by atoms with Crippen molar-refractivity contribution in [2.45, 2.75) is 20.8 Å². The molecule has 7 heteroatoms. The van der Waals surface area contributed by atoms with Crippen molar-refractivity contribution in [2.24, 2.45) is 0 Å². The van der Waals surface area contributed by atoms with Crippen LogP contribution >= 0.6 is 0 Å². The van der Waals surface area contributed by atoms with Crippen LogP contribution in [0.2, 0.25) is 0 Å². The molecule has 1 aromatic carbocycles. The highest BCUT2D eigenvalue weighted by molar-refractivity contribution is 5.98. The number of aryl methyl sites for hydroxylation is 1. The number of H-pyrrole nitrogens is 1. The summed E-state index contributed by atoms with van der Waals surface area (Å²) in [6.07, 6.45) is 0. The lowest BCUT2D eigenvalue weighted by Crippen LogP contribution is -2.14. The van der Waals surface area contributed by atoms with E-state index in [0.29, 0.717) is 16.8 Å². The van der Waals surface area contributed by atoms with Crippen molar-refractivity contribution in [3.63, 3.8) is 0 Å². The van der Waals surface area contributed by atoms with Crippen LogP contribution in [0.15, 0.2) is 24.3 Å². The topological polar surface area (TPSA) is 77.6 Å². The number of nitrogens with one attached hydrogen (secondary N) is 1. The van der Waals surface area contributed by atoms with Crippen molar-refractivity contribution >= 4 is 11.9 Å². The number of ether oxygens (including phenoxy) is 3. The largest absolute Gasteiger partial charge is 0.487 e. The monoisotopic (exact) mass is 349 g/mol. The molecule has 0 saturated carbocycles. The van der Waals surface area contributed by atoms with Crippen molar-refractivity contribution in [3.05, 3.63) is 52.6 Å². The Balaban J connectivity index is 1.94. The first-order valence-electron chi connectivity index (χ1n) is 7.86. The zero-order chi connectivity index (χ0) is 18.4. The van der Waals surface area contributed by atoms with Crippen molar-refractivity contribution < 1.29 is 28.2 Å². The van der Waals surface area contributed by atoms with E-state index in [4.69, 9.17) is 14.2 Å². The Morgan fingerprint density at radius 2 is 1.80 bits per heavy atom. The van der Waals surface area contributed by atoms with E-state index in [9.17, 15) is 14.0 Å². The average molecular weight is 349 g/mol. The summed E-state index contributed by atoms with van der Waals surface area (Å²) < 4.78 is 28.7. The van der Waals surface area contributed by atoms with Gasteiger partial charge in [-0.15, -0.1) is 0 Å². The van der Waals surface area contributed by atoms with Crippen molar-refractivity contribution in [2.75, 3.05) is 19.8 Å². The highest BCUT2D eigenvalue weighted by Crippen LogP contribution is 2.20. The summed E-state index contributed by atoms with van der Waals surface area (Å²) in [6, 6.07) is 5.97. The van der Waals surface area contributed by atoms with Gasteiger partial charge in [0, 0.05) is 5.69 Å².